The second-order valence-electron chi connectivity index (χ2n) is 4.89. The maximum atomic E-state index is 4.38. The van der Waals surface area contributed by atoms with E-state index in [1.165, 1.54) is 11.3 Å². The highest BCUT2D eigenvalue weighted by Gasteiger charge is 2.12. The molecule has 0 atom stereocenters. The van der Waals surface area contributed by atoms with Crippen LogP contribution in [0, 0.1) is 0 Å². The number of rotatable bonds is 4. The van der Waals surface area contributed by atoms with Gasteiger partial charge in [0.2, 0.25) is 0 Å². The van der Waals surface area contributed by atoms with Gasteiger partial charge in [-0.05, 0) is 34.1 Å². The van der Waals surface area contributed by atoms with E-state index in [0.29, 0.717) is 0 Å². The Bertz CT molecular complexity index is 307. The van der Waals surface area contributed by atoms with Crippen molar-refractivity contribution in [3.05, 3.63) is 17.5 Å². The van der Waals surface area contributed by atoms with E-state index in [9.17, 15) is 0 Å². The zero-order valence-corrected chi connectivity index (χ0v) is 10.6. The largest absolute Gasteiger partial charge is 0.308 e. The summed E-state index contributed by atoms with van der Waals surface area (Å²) >= 11 is 0. The minimum Gasteiger partial charge on any atom is -0.308 e. The molecular formula is C12H23N3. The summed E-state index contributed by atoms with van der Waals surface area (Å²) in [5.74, 6) is 0. The summed E-state index contributed by atoms with van der Waals surface area (Å²) in [6.45, 7) is 12.7. The van der Waals surface area contributed by atoms with Gasteiger partial charge in [0, 0.05) is 29.9 Å². The third-order valence-electron chi connectivity index (χ3n) is 2.48. The molecule has 1 aromatic rings. The summed E-state index contributed by atoms with van der Waals surface area (Å²) in [5, 5.41) is 7.88. The number of aryl methyl sites for hydroxylation is 1. The zero-order valence-electron chi connectivity index (χ0n) is 10.6. The predicted molar refractivity (Wildman–Crippen MR) is 63.9 cm³/mol. The van der Waals surface area contributed by atoms with E-state index in [-0.39, 0.29) is 5.54 Å². The van der Waals surface area contributed by atoms with Gasteiger partial charge in [-0.15, -0.1) is 0 Å². The fourth-order valence-corrected chi connectivity index (χ4v) is 1.64. The summed E-state index contributed by atoms with van der Waals surface area (Å²) in [6.07, 6.45) is 3.04. The van der Waals surface area contributed by atoms with Crippen LogP contribution in [-0.4, -0.2) is 15.3 Å². The van der Waals surface area contributed by atoms with E-state index < -0.39 is 0 Å². The van der Waals surface area contributed by atoms with Crippen LogP contribution in [0.15, 0.2) is 6.20 Å². The van der Waals surface area contributed by atoms with Crippen LogP contribution in [0.4, 0.5) is 0 Å². The molecule has 3 nitrogen and oxygen atoms in total. The lowest BCUT2D eigenvalue weighted by Gasteiger charge is -2.20. The summed E-state index contributed by atoms with van der Waals surface area (Å²) in [6, 6.07) is 0. The van der Waals surface area contributed by atoms with Crippen LogP contribution in [-0.2, 0) is 19.5 Å². The van der Waals surface area contributed by atoms with Gasteiger partial charge in [-0.1, -0.05) is 6.92 Å². The lowest BCUT2D eigenvalue weighted by Crippen LogP contribution is -2.35. The number of hydrogen-bond acceptors (Lipinski definition) is 2. The molecule has 0 radical (unpaired) electrons. The highest BCUT2D eigenvalue weighted by atomic mass is 15.3. The Labute approximate surface area is 92.9 Å². The van der Waals surface area contributed by atoms with Gasteiger partial charge in [0.1, 0.15) is 0 Å². The number of nitrogens with zero attached hydrogens (tertiary/aromatic N) is 2. The van der Waals surface area contributed by atoms with Crippen LogP contribution in [0.3, 0.4) is 0 Å². The molecule has 0 amide bonds. The topological polar surface area (TPSA) is 29.9 Å². The molecule has 0 aliphatic carbocycles. The summed E-state index contributed by atoms with van der Waals surface area (Å²) in [4.78, 5) is 0. The highest BCUT2D eigenvalue weighted by Crippen LogP contribution is 2.11. The monoisotopic (exact) mass is 209 g/mol. The Morgan fingerprint density at radius 3 is 2.47 bits per heavy atom. The summed E-state index contributed by atoms with van der Waals surface area (Å²) in [7, 11) is 0. The van der Waals surface area contributed by atoms with Crippen molar-refractivity contribution in [2.75, 3.05) is 0 Å². The smallest absolute Gasteiger partial charge is 0.0537 e. The Morgan fingerprint density at radius 1 is 1.33 bits per heavy atom. The van der Waals surface area contributed by atoms with Gasteiger partial charge < -0.3 is 5.32 Å². The fraction of sp³-hybridized carbons (Fsp3) is 0.750. The van der Waals surface area contributed by atoms with Crippen LogP contribution >= 0.6 is 0 Å². The predicted octanol–water partition coefficient (Wildman–Crippen LogP) is 2.35. The SMILES string of the molecule is CCc1c(CNC(C)(C)C)cnn1CC. The molecule has 1 aromatic heterocycles. The quantitative estimate of drug-likeness (QED) is 0.825. The molecule has 0 aliphatic heterocycles. The molecule has 1 rings (SSSR count). The van der Waals surface area contributed by atoms with E-state index in [4.69, 9.17) is 0 Å². The molecule has 1 N–H and O–H groups in total. The first-order valence-electron chi connectivity index (χ1n) is 5.76. The Kier molecular flexibility index (Phi) is 3.91. The van der Waals surface area contributed by atoms with Crippen molar-refractivity contribution in [1.82, 2.24) is 15.1 Å². The molecular weight excluding hydrogens is 186 g/mol. The molecule has 0 saturated carbocycles. The fourth-order valence-electron chi connectivity index (χ4n) is 1.64. The van der Waals surface area contributed by atoms with Crippen molar-refractivity contribution in [1.29, 1.82) is 0 Å². The molecule has 86 valence electrons. The molecule has 0 fully saturated rings. The lowest BCUT2D eigenvalue weighted by molar-refractivity contribution is 0.423. The van der Waals surface area contributed by atoms with Crippen molar-refractivity contribution < 1.29 is 0 Å². The van der Waals surface area contributed by atoms with Crippen molar-refractivity contribution in [3.8, 4) is 0 Å². The number of hydrogen-bond donors (Lipinski definition) is 1. The normalized spacial score (nSPS) is 12.1. The minimum atomic E-state index is 0.166. The van der Waals surface area contributed by atoms with E-state index in [1.54, 1.807) is 0 Å². The zero-order chi connectivity index (χ0) is 11.5. The molecule has 0 aromatic carbocycles. The van der Waals surface area contributed by atoms with Gasteiger partial charge in [0.25, 0.3) is 0 Å². The first-order chi connectivity index (χ1) is 6.98. The van der Waals surface area contributed by atoms with Gasteiger partial charge >= 0.3 is 0 Å². The summed E-state index contributed by atoms with van der Waals surface area (Å²) < 4.78 is 2.08. The Hall–Kier alpha value is -0.830. The average molecular weight is 209 g/mol. The minimum absolute atomic E-state index is 0.166. The van der Waals surface area contributed by atoms with Crippen molar-refractivity contribution in [2.45, 2.75) is 59.7 Å². The van der Waals surface area contributed by atoms with Crippen LogP contribution in [0.5, 0.6) is 0 Å². The van der Waals surface area contributed by atoms with Crippen LogP contribution in [0.2, 0.25) is 0 Å². The van der Waals surface area contributed by atoms with Gasteiger partial charge in [-0.2, -0.15) is 5.10 Å². The highest BCUT2D eigenvalue weighted by molar-refractivity contribution is 5.17. The van der Waals surface area contributed by atoms with Crippen LogP contribution < -0.4 is 5.32 Å². The number of aromatic nitrogens is 2. The first-order valence-corrected chi connectivity index (χ1v) is 5.76. The molecule has 0 unspecified atom stereocenters. The van der Waals surface area contributed by atoms with E-state index in [1.807, 2.05) is 6.20 Å². The number of nitrogens with one attached hydrogen (secondary N) is 1. The second-order valence-corrected chi connectivity index (χ2v) is 4.89. The van der Waals surface area contributed by atoms with Gasteiger partial charge in [-0.25, -0.2) is 0 Å². The Balaban J connectivity index is 2.73. The van der Waals surface area contributed by atoms with Gasteiger partial charge in [0.15, 0.2) is 0 Å². The molecule has 0 saturated heterocycles. The molecule has 1 heterocycles. The second kappa shape index (κ2) is 4.79. The summed E-state index contributed by atoms with van der Waals surface area (Å²) in [5.41, 5.74) is 2.85. The Morgan fingerprint density at radius 2 is 2.00 bits per heavy atom. The maximum Gasteiger partial charge on any atom is 0.0537 e. The molecule has 0 spiro atoms. The van der Waals surface area contributed by atoms with E-state index >= 15 is 0 Å². The first kappa shape index (κ1) is 12.2. The lowest BCUT2D eigenvalue weighted by atomic mass is 10.1. The van der Waals surface area contributed by atoms with E-state index in [0.717, 1.165) is 19.5 Å². The molecule has 0 bridgehead atoms. The third kappa shape index (κ3) is 3.34. The van der Waals surface area contributed by atoms with Gasteiger partial charge in [-0.3, -0.25) is 4.68 Å². The van der Waals surface area contributed by atoms with Crippen molar-refractivity contribution >= 4 is 0 Å². The maximum absolute atomic E-state index is 4.38. The standard InChI is InChI=1S/C12H23N3/c1-6-11-10(8-13-12(3,4)5)9-14-15(11)7-2/h9,13H,6-8H2,1-5H3. The van der Waals surface area contributed by atoms with Crippen molar-refractivity contribution in [2.24, 2.45) is 0 Å². The van der Waals surface area contributed by atoms with Crippen molar-refractivity contribution in [3.63, 3.8) is 0 Å². The van der Waals surface area contributed by atoms with Crippen LogP contribution in [0.1, 0.15) is 45.9 Å². The third-order valence-corrected chi connectivity index (χ3v) is 2.48. The van der Waals surface area contributed by atoms with Crippen LogP contribution in [0.25, 0.3) is 0 Å². The molecule has 0 aliphatic rings. The molecule has 15 heavy (non-hydrogen) atoms. The molecule has 3 heteroatoms. The van der Waals surface area contributed by atoms with Gasteiger partial charge in [0.05, 0.1) is 6.20 Å². The average Bonchev–Trinajstić information content (AvgIpc) is 2.55. The van der Waals surface area contributed by atoms with E-state index in [2.05, 4.69) is 49.7 Å².